The zero-order chi connectivity index (χ0) is 15.6. The van der Waals surface area contributed by atoms with Crippen molar-refractivity contribution in [2.24, 2.45) is 0 Å². The second-order valence-electron chi connectivity index (χ2n) is 5.54. The maximum absolute atomic E-state index is 12.2. The third-order valence-corrected chi connectivity index (χ3v) is 4.59. The van der Waals surface area contributed by atoms with E-state index in [-0.39, 0.29) is 5.91 Å². The molecule has 2 heterocycles. The molecule has 21 heavy (non-hydrogen) atoms. The lowest BCUT2D eigenvalue weighted by atomic mass is 10.2. The van der Waals surface area contributed by atoms with E-state index >= 15 is 0 Å². The third-order valence-electron chi connectivity index (χ3n) is 3.30. The van der Waals surface area contributed by atoms with Gasteiger partial charge in [-0.1, -0.05) is 0 Å². The van der Waals surface area contributed by atoms with Crippen LogP contribution in [0, 0.1) is 0 Å². The first kappa shape index (κ1) is 15.9. The van der Waals surface area contributed by atoms with E-state index in [1.54, 1.807) is 6.07 Å². The molecule has 1 aliphatic heterocycles. The summed E-state index contributed by atoms with van der Waals surface area (Å²) in [6.45, 7) is 1.07. The Morgan fingerprint density at radius 1 is 1.57 bits per heavy atom. The van der Waals surface area contributed by atoms with E-state index in [1.807, 2.05) is 19.0 Å². The van der Waals surface area contributed by atoms with Gasteiger partial charge in [0.05, 0.1) is 11.9 Å². The molecule has 0 aliphatic carbocycles. The standard InChI is InChI=1S/C12H21N5O3S/c1-16(2)8-9-7-11(15-14-9)13-12(18)10-5-4-6-17(10)21(3,19)20/h7,10H,4-6,8H2,1-3H3,(H2,13,14,15,18). The average molecular weight is 315 g/mol. The topological polar surface area (TPSA) is 98.4 Å². The maximum Gasteiger partial charge on any atom is 0.244 e. The van der Waals surface area contributed by atoms with Crippen LogP contribution in [0.3, 0.4) is 0 Å². The van der Waals surface area contributed by atoms with Crippen LogP contribution in [-0.4, -0.2) is 66.7 Å². The lowest BCUT2D eigenvalue weighted by Gasteiger charge is -2.20. The Morgan fingerprint density at radius 3 is 2.90 bits per heavy atom. The molecule has 8 nitrogen and oxygen atoms in total. The lowest BCUT2D eigenvalue weighted by molar-refractivity contribution is -0.119. The predicted molar refractivity (Wildman–Crippen MR) is 79.2 cm³/mol. The molecule has 1 aromatic rings. The lowest BCUT2D eigenvalue weighted by Crippen LogP contribution is -2.42. The van der Waals surface area contributed by atoms with Gasteiger partial charge in [0.25, 0.3) is 0 Å². The van der Waals surface area contributed by atoms with Crippen LogP contribution >= 0.6 is 0 Å². The SMILES string of the molecule is CN(C)Cc1cc(NC(=O)C2CCCN2S(C)(=O)=O)n[nH]1. The van der Waals surface area contributed by atoms with E-state index in [0.717, 1.165) is 11.9 Å². The third kappa shape index (κ3) is 4.02. The van der Waals surface area contributed by atoms with Crippen LogP contribution in [0.2, 0.25) is 0 Å². The Kier molecular flexibility index (Phi) is 4.64. The first-order valence-corrected chi connectivity index (χ1v) is 8.59. The average Bonchev–Trinajstić information content (AvgIpc) is 2.96. The Hall–Kier alpha value is -1.45. The van der Waals surface area contributed by atoms with Crippen molar-refractivity contribution in [3.63, 3.8) is 0 Å². The van der Waals surface area contributed by atoms with Gasteiger partial charge < -0.3 is 10.2 Å². The van der Waals surface area contributed by atoms with E-state index in [9.17, 15) is 13.2 Å². The van der Waals surface area contributed by atoms with Gasteiger partial charge in [-0.3, -0.25) is 9.89 Å². The fourth-order valence-corrected chi connectivity index (χ4v) is 3.58. The molecule has 2 N–H and O–H groups in total. The number of anilines is 1. The van der Waals surface area contributed by atoms with Gasteiger partial charge >= 0.3 is 0 Å². The summed E-state index contributed by atoms with van der Waals surface area (Å²) in [6.07, 6.45) is 2.35. The van der Waals surface area contributed by atoms with E-state index in [0.29, 0.717) is 31.7 Å². The van der Waals surface area contributed by atoms with E-state index in [1.165, 1.54) is 4.31 Å². The second-order valence-corrected chi connectivity index (χ2v) is 7.47. The van der Waals surface area contributed by atoms with Crippen molar-refractivity contribution in [1.29, 1.82) is 0 Å². The van der Waals surface area contributed by atoms with Crippen molar-refractivity contribution >= 4 is 21.7 Å². The van der Waals surface area contributed by atoms with Gasteiger partial charge in [-0.2, -0.15) is 9.40 Å². The fourth-order valence-electron chi connectivity index (χ4n) is 2.46. The van der Waals surface area contributed by atoms with Crippen molar-refractivity contribution in [3.8, 4) is 0 Å². The number of hydrogen-bond donors (Lipinski definition) is 2. The second kappa shape index (κ2) is 6.12. The normalized spacial score (nSPS) is 20.1. The number of H-pyrrole nitrogens is 1. The number of rotatable bonds is 5. The number of carbonyl (C=O) groups excluding carboxylic acids is 1. The number of amides is 1. The molecule has 1 saturated heterocycles. The molecule has 0 aromatic carbocycles. The van der Waals surface area contributed by atoms with Crippen molar-refractivity contribution in [1.82, 2.24) is 19.4 Å². The smallest absolute Gasteiger partial charge is 0.244 e. The monoisotopic (exact) mass is 315 g/mol. The zero-order valence-corrected chi connectivity index (χ0v) is 13.3. The van der Waals surface area contributed by atoms with Gasteiger partial charge in [0.2, 0.25) is 15.9 Å². The van der Waals surface area contributed by atoms with Crippen LogP contribution < -0.4 is 5.32 Å². The Balaban J connectivity index is 2.02. The Morgan fingerprint density at radius 2 is 2.29 bits per heavy atom. The molecule has 1 unspecified atom stereocenters. The number of aromatic amines is 1. The van der Waals surface area contributed by atoms with Gasteiger partial charge in [-0.05, 0) is 26.9 Å². The molecule has 0 radical (unpaired) electrons. The first-order valence-electron chi connectivity index (χ1n) is 6.74. The number of sulfonamides is 1. The van der Waals surface area contributed by atoms with E-state index in [2.05, 4.69) is 15.5 Å². The molecule has 1 atom stereocenters. The molecule has 2 rings (SSSR count). The number of aromatic nitrogens is 2. The molecule has 0 spiro atoms. The van der Waals surface area contributed by atoms with Gasteiger partial charge in [0.15, 0.2) is 5.82 Å². The fraction of sp³-hybridized carbons (Fsp3) is 0.667. The molecule has 1 aliphatic rings. The number of hydrogen-bond acceptors (Lipinski definition) is 5. The molecular weight excluding hydrogens is 294 g/mol. The van der Waals surface area contributed by atoms with Crippen LogP contribution in [0.4, 0.5) is 5.82 Å². The predicted octanol–water partition coefficient (Wildman–Crippen LogP) is -0.166. The Labute approximate surface area is 124 Å². The van der Waals surface area contributed by atoms with Gasteiger partial charge in [-0.15, -0.1) is 0 Å². The molecule has 1 amide bonds. The Bertz CT molecular complexity index is 610. The number of carbonyl (C=O) groups is 1. The molecule has 0 saturated carbocycles. The quantitative estimate of drug-likeness (QED) is 0.786. The summed E-state index contributed by atoms with van der Waals surface area (Å²) in [7, 11) is 0.502. The molecule has 1 aromatic heterocycles. The minimum absolute atomic E-state index is 0.333. The van der Waals surface area contributed by atoms with Gasteiger partial charge in [0, 0.05) is 19.2 Å². The summed E-state index contributed by atoms with van der Waals surface area (Å²) in [5, 5.41) is 9.53. The molecule has 118 valence electrons. The number of nitrogens with one attached hydrogen (secondary N) is 2. The van der Waals surface area contributed by atoms with Crippen molar-refractivity contribution in [2.45, 2.75) is 25.4 Å². The molecule has 9 heteroatoms. The number of nitrogens with zero attached hydrogens (tertiary/aromatic N) is 3. The summed E-state index contributed by atoms with van der Waals surface area (Å²) in [5.74, 6) is 0.0815. The van der Waals surface area contributed by atoms with E-state index < -0.39 is 16.1 Å². The van der Waals surface area contributed by atoms with Crippen molar-refractivity contribution < 1.29 is 13.2 Å². The van der Waals surface area contributed by atoms with E-state index in [4.69, 9.17) is 0 Å². The van der Waals surface area contributed by atoms with Crippen molar-refractivity contribution in [2.75, 3.05) is 32.2 Å². The van der Waals surface area contributed by atoms with Crippen molar-refractivity contribution in [3.05, 3.63) is 11.8 Å². The highest BCUT2D eigenvalue weighted by Crippen LogP contribution is 2.21. The van der Waals surface area contributed by atoms with Crippen LogP contribution in [0.5, 0.6) is 0 Å². The summed E-state index contributed by atoms with van der Waals surface area (Å²) in [6, 6.07) is 1.10. The summed E-state index contributed by atoms with van der Waals surface area (Å²) in [5.41, 5.74) is 0.877. The largest absolute Gasteiger partial charge is 0.308 e. The maximum atomic E-state index is 12.2. The van der Waals surface area contributed by atoms with Gasteiger partial charge in [-0.25, -0.2) is 8.42 Å². The summed E-state index contributed by atoms with van der Waals surface area (Å²) >= 11 is 0. The van der Waals surface area contributed by atoms with Crippen LogP contribution in [0.15, 0.2) is 6.07 Å². The minimum atomic E-state index is -3.36. The highest BCUT2D eigenvalue weighted by molar-refractivity contribution is 7.88. The van der Waals surface area contributed by atoms with Crippen LogP contribution in [0.1, 0.15) is 18.5 Å². The summed E-state index contributed by atoms with van der Waals surface area (Å²) < 4.78 is 24.5. The van der Waals surface area contributed by atoms with Crippen LogP contribution in [0.25, 0.3) is 0 Å². The molecule has 0 bridgehead atoms. The molecule has 1 fully saturated rings. The zero-order valence-electron chi connectivity index (χ0n) is 12.5. The highest BCUT2D eigenvalue weighted by Gasteiger charge is 2.36. The summed E-state index contributed by atoms with van der Waals surface area (Å²) in [4.78, 5) is 14.2. The first-order chi connectivity index (χ1) is 9.77. The van der Waals surface area contributed by atoms with Crippen LogP contribution in [-0.2, 0) is 21.4 Å². The molecular formula is C12H21N5O3S. The highest BCUT2D eigenvalue weighted by atomic mass is 32.2. The minimum Gasteiger partial charge on any atom is -0.308 e. The van der Waals surface area contributed by atoms with Gasteiger partial charge in [0.1, 0.15) is 6.04 Å².